The summed E-state index contributed by atoms with van der Waals surface area (Å²) < 4.78 is 10.1. The van der Waals surface area contributed by atoms with Gasteiger partial charge in [0.25, 0.3) is 0 Å². The van der Waals surface area contributed by atoms with E-state index in [4.69, 9.17) is 14.6 Å². The number of morpholine rings is 1. The summed E-state index contributed by atoms with van der Waals surface area (Å²) in [5, 5.41) is 8.88. The predicted octanol–water partition coefficient (Wildman–Crippen LogP) is 0.0928. The van der Waals surface area contributed by atoms with Gasteiger partial charge in [0.1, 0.15) is 12.5 Å². The van der Waals surface area contributed by atoms with E-state index in [-0.39, 0.29) is 18.8 Å². The zero-order chi connectivity index (χ0) is 11.7. The Morgan fingerprint density at radius 2 is 2.38 bits per heavy atom. The van der Waals surface area contributed by atoms with Gasteiger partial charge in [-0.2, -0.15) is 0 Å². The highest BCUT2D eigenvalue weighted by Gasteiger charge is 2.62. The Hall–Kier alpha value is -1.56. The minimum atomic E-state index is -0.932. The summed E-state index contributed by atoms with van der Waals surface area (Å²) in [5.74, 6) is -1.54. The Kier molecular flexibility index (Phi) is 2.82. The number of fused-ring (bicyclic) bond motifs is 1. The summed E-state index contributed by atoms with van der Waals surface area (Å²) in [6.45, 7) is 4.30. The molecule has 16 heavy (non-hydrogen) atoms. The summed E-state index contributed by atoms with van der Waals surface area (Å²) in [7, 11) is 0. The maximum absolute atomic E-state index is 11.6. The van der Waals surface area contributed by atoms with Crippen molar-refractivity contribution < 1.29 is 24.2 Å². The molecule has 6 nitrogen and oxygen atoms in total. The van der Waals surface area contributed by atoms with Gasteiger partial charge in [-0.1, -0.05) is 12.7 Å². The molecule has 1 N–H and O–H groups in total. The van der Waals surface area contributed by atoms with Gasteiger partial charge in [-0.3, -0.25) is 9.69 Å². The number of hydrogen-bond donors (Lipinski definition) is 1. The van der Waals surface area contributed by atoms with Crippen molar-refractivity contribution in [3.63, 3.8) is 0 Å². The van der Waals surface area contributed by atoms with Crippen LogP contribution in [0.4, 0.5) is 4.79 Å². The van der Waals surface area contributed by atoms with Gasteiger partial charge in [0.05, 0.1) is 18.8 Å². The van der Waals surface area contributed by atoms with Crippen molar-refractivity contribution in [2.24, 2.45) is 5.92 Å². The third-order valence-corrected chi connectivity index (χ3v) is 2.76. The van der Waals surface area contributed by atoms with Crippen LogP contribution in [0.2, 0.25) is 0 Å². The standard InChI is InChI=1S/C10H13NO5/c1-2-4-16-10(14)11-3-5-15-8-6(7(8)11)9(12)13/h2,6-8H,1,3-5H2,(H,12,13)/t6-,7-,8+/m0/s1. The number of carbonyl (C=O) groups is 2. The van der Waals surface area contributed by atoms with Crippen molar-refractivity contribution in [3.05, 3.63) is 12.7 Å². The molecule has 1 aliphatic heterocycles. The number of carbonyl (C=O) groups excluding carboxylic acids is 1. The first-order chi connectivity index (χ1) is 7.66. The normalized spacial score (nSPS) is 31.5. The summed E-state index contributed by atoms with van der Waals surface area (Å²) in [5.41, 5.74) is 0. The largest absolute Gasteiger partial charge is 0.481 e. The van der Waals surface area contributed by atoms with Crippen LogP contribution >= 0.6 is 0 Å². The lowest BCUT2D eigenvalue weighted by Crippen LogP contribution is -2.41. The summed E-state index contributed by atoms with van der Waals surface area (Å²) in [4.78, 5) is 23.8. The van der Waals surface area contributed by atoms with E-state index in [0.29, 0.717) is 13.2 Å². The van der Waals surface area contributed by atoms with E-state index in [0.717, 1.165) is 0 Å². The molecule has 88 valence electrons. The zero-order valence-corrected chi connectivity index (χ0v) is 8.67. The summed E-state index contributed by atoms with van der Waals surface area (Å²) >= 11 is 0. The van der Waals surface area contributed by atoms with E-state index in [9.17, 15) is 9.59 Å². The third kappa shape index (κ3) is 1.76. The second kappa shape index (κ2) is 4.13. The summed E-state index contributed by atoms with van der Waals surface area (Å²) in [6.07, 6.45) is 0.599. The van der Waals surface area contributed by atoms with Crippen LogP contribution in [0.3, 0.4) is 0 Å². The molecule has 1 saturated carbocycles. The molecule has 2 fully saturated rings. The van der Waals surface area contributed by atoms with Crippen LogP contribution < -0.4 is 0 Å². The molecule has 6 heteroatoms. The predicted molar refractivity (Wildman–Crippen MR) is 52.9 cm³/mol. The fourth-order valence-electron chi connectivity index (χ4n) is 1.99. The Labute approximate surface area is 92.4 Å². The Morgan fingerprint density at radius 1 is 1.62 bits per heavy atom. The topological polar surface area (TPSA) is 76.1 Å². The highest BCUT2D eigenvalue weighted by Crippen LogP contribution is 2.42. The number of nitrogens with zero attached hydrogens (tertiary/aromatic N) is 1. The van der Waals surface area contributed by atoms with Crippen LogP contribution in [0.5, 0.6) is 0 Å². The maximum atomic E-state index is 11.6. The van der Waals surface area contributed by atoms with Gasteiger partial charge in [0.15, 0.2) is 0 Å². The lowest BCUT2D eigenvalue weighted by Gasteiger charge is -2.25. The van der Waals surface area contributed by atoms with Crippen molar-refractivity contribution >= 4 is 12.1 Å². The monoisotopic (exact) mass is 227 g/mol. The quantitative estimate of drug-likeness (QED) is 0.691. The summed E-state index contributed by atoms with van der Waals surface area (Å²) in [6, 6.07) is -0.372. The number of rotatable bonds is 3. The Balaban J connectivity index is 1.97. The number of ether oxygens (including phenoxy) is 2. The first-order valence-electron chi connectivity index (χ1n) is 5.05. The van der Waals surface area contributed by atoms with Crippen LogP contribution in [0.25, 0.3) is 0 Å². The molecule has 3 atom stereocenters. The molecule has 0 aromatic rings. The SMILES string of the molecule is C=CCOC(=O)N1CCO[C@@H]2[C@@H](C(=O)O)[C@@H]21. The minimum absolute atomic E-state index is 0.130. The van der Waals surface area contributed by atoms with Gasteiger partial charge in [-0.15, -0.1) is 0 Å². The molecular formula is C10H13NO5. The van der Waals surface area contributed by atoms with Crippen LogP contribution in [0, 0.1) is 5.92 Å². The van der Waals surface area contributed by atoms with Crippen molar-refractivity contribution in [1.29, 1.82) is 0 Å². The average Bonchev–Trinajstić information content (AvgIpc) is 2.99. The highest BCUT2D eigenvalue weighted by molar-refractivity contribution is 5.79. The van der Waals surface area contributed by atoms with E-state index in [2.05, 4.69) is 6.58 Å². The van der Waals surface area contributed by atoms with Crippen LogP contribution in [0.1, 0.15) is 0 Å². The van der Waals surface area contributed by atoms with Gasteiger partial charge in [0, 0.05) is 6.54 Å². The molecule has 2 aliphatic rings. The number of hydrogen-bond acceptors (Lipinski definition) is 4. The van der Waals surface area contributed by atoms with E-state index >= 15 is 0 Å². The highest BCUT2D eigenvalue weighted by atomic mass is 16.6. The van der Waals surface area contributed by atoms with Crippen LogP contribution in [-0.4, -0.2) is 54.0 Å². The van der Waals surface area contributed by atoms with Gasteiger partial charge in [-0.25, -0.2) is 4.79 Å². The molecule has 0 aromatic heterocycles. The average molecular weight is 227 g/mol. The molecule has 0 bridgehead atoms. The second-order valence-corrected chi connectivity index (χ2v) is 3.75. The molecule has 1 heterocycles. The molecule has 2 rings (SSSR count). The number of amides is 1. The molecule has 0 aromatic carbocycles. The minimum Gasteiger partial charge on any atom is -0.481 e. The molecule has 0 spiro atoms. The van der Waals surface area contributed by atoms with E-state index in [1.807, 2.05) is 0 Å². The van der Waals surface area contributed by atoms with Crippen LogP contribution in [-0.2, 0) is 14.3 Å². The fraction of sp³-hybridized carbons (Fsp3) is 0.600. The van der Waals surface area contributed by atoms with Crippen molar-refractivity contribution in [3.8, 4) is 0 Å². The lowest BCUT2D eigenvalue weighted by molar-refractivity contribution is -0.139. The molecule has 1 aliphatic carbocycles. The molecule has 0 radical (unpaired) electrons. The molecule has 1 amide bonds. The Bertz CT molecular complexity index is 329. The maximum Gasteiger partial charge on any atom is 0.410 e. The van der Waals surface area contributed by atoms with Crippen molar-refractivity contribution in [1.82, 2.24) is 4.90 Å². The second-order valence-electron chi connectivity index (χ2n) is 3.75. The third-order valence-electron chi connectivity index (χ3n) is 2.76. The molecule has 0 unspecified atom stereocenters. The zero-order valence-electron chi connectivity index (χ0n) is 8.67. The van der Waals surface area contributed by atoms with Crippen molar-refractivity contribution in [2.75, 3.05) is 19.8 Å². The molecule has 1 saturated heterocycles. The fourth-order valence-corrected chi connectivity index (χ4v) is 1.99. The van der Waals surface area contributed by atoms with E-state index in [1.54, 1.807) is 0 Å². The van der Waals surface area contributed by atoms with Gasteiger partial charge < -0.3 is 14.6 Å². The van der Waals surface area contributed by atoms with E-state index in [1.165, 1.54) is 11.0 Å². The van der Waals surface area contributed by atoms with Crippen molar-refractivity contribution in [2.45, 2.75) is 12.1 Å². The van der Waals surface area contributed by atoms with Gasteiger partial charge >= 0.3 is 12.1 Å². The van der Waals surface area contributed by atoms with Gasteiger partial charge in [-0.05, 0) is 0 Å². The van der Waals surface area contributed by atoms with E-state index < -0.39 is 18.0 Å². The first-order valence-corrected chi connectivity index (χ1v) is 5.05. The number of aliphatic carboxylic acids is 1. The number of carboxylic acids is 1. The molecular weight excluding hydrogens is 214 g/mol. The lowest BCUT2D eigenvalue weighted by atomic mass is 10.4. The van der Waals surface area contributed by atoms with Gasteiger partial charge in [0.2, 0.25) is 0 Å². The smallest absolute Gasteiger partial charge is 0.410 e. The Morgan fingerprint density at radius 3 is 3.00 bits per heavy atom. The first kappa shape index (κ1) is 10.9. The van der Waals surface area contributed by atoms with Crippen LogP contribution in [0.15, 0.2) is 12.7 Å². The number of carboxylic acid groups (broad SMARTS) is 1.